The second-order valence-electron chi connectivity index (χ2n) is 8.16. The Morgan fingerprint density at radius 3 is 2.93 bits per heavy atom. The maximum atomic E-state index is 13.8. The lowest BCUT2D eigenvalue weighted by Gasteiger charge is -2.34. The minimum Gasteiger partial charge on any atom is -0.493 e. The second kappa shape index (κ2) is 6.95. The molecule has 0 radical (unpaired) electrons. The van der Waals surface area contributed by atoms with Crippen molar-refractivity contribution in [3.05, 3.63) is 52.2 Å². The fourth-order valence-corrected chi connectivity index (χ4v) is 5.61. The highest BCUT2D eigenvalue weighted by Gasteiger charge is 2.58. The fourth-order valence-electron chi connectivity index (χ4n) is 4.95. The first-order chi connectivity index (χ1) is 13.3. The standard InChI is InChI=1S/C22H26N2O2S/c25-21(18-5-11-26-19-4-2-1-3-17(18)19)24(14-16-6-12-27-15-16)20-13-22(20)7-9-23-10-8-22/h1-4,6,12,15,18,20,23H,5,7-11,13-14H2. The van der Waals surface area contributed by atoms with Gasteiger partial charge in [0.05, 0.1) is 12.5 Å². The van der Waals surface area contributed by atoms with E-state index in [9.17, 15) is 4.79 Å². The van der Waals surface area contributed by atoms with Crippen molar-refractivity contribution in [3.8, 4) is 5.75 Å². The zero-order valence-electron chi connectivity index (χ0n) is 15.5. The molecular formula is C22H26N2O2S. The summed E-state index contributed by atoms with van der Waals surface area (Å²) < 4.78 is 5.80. The van der Waals surface area contributed by atoms with E-state index in [-0.39, 0.29) is 11.8 Å². The third-order valence-electron chi connectivity index (χ3n) is 6.59. The number of carbonyl (C=O) groups excluding carboxylic acids is 1. The lowest BCUT2D eigenvalue weighted by molar-refractivity contribution is -0.135. The molecule has 1 aliphatic carbocycles. The van der Waals surface area contributed by atoms with Crippen molar-refractivity contribution in [2.45, 2.75) is 44.2 Å². The third kappa shape index (κ3) is 3.17. The summed E-state index contributed by atoms with van der Waals surface area (Å²) >= 11 is 1.71. The summed E-state index contributed by atoms with van der Waals surface area (Å²) in [5.41, 5.74) is 2.66. The van der Waals surface area contributed by atoms with Gasteiger partial charge in [-0.1, -0.05) is 18.2 Å². The molecular weight excluding hydrogens is 356 g/mol. The zero-order chi connectivity index (χ0) is 18.3. The van der Waals surface area contributed by atoms with E-state index in [1.54, 1.807) is 11.3 Å². The molecule has 142 valence electrons. The molecule has 1 spiro atoms. The summed E-state index contributed by atoms with van der Waals surface area (Å²) in [6.07, 6.45) is 4.32. The van der Waals surface area contributed by atoms with Crippen LogP contribution in [-0.2, 0) is 11.3 Å². The van der Waals surface area contributed by atoms with Gasteiger partial charge in [-0.3, -0.25) is 4.79 Å². The predicted molar refractivity (Wildman–Crippen MR) is 107 cm³/mol. The van der Waals surface area contributed by atoms with Crippen LogP contribution in [-0.4, -0.2) is 36.5 Å². The van der Waals surface area contributed by atoms with Crippen LogP contribution in [0.4, 0.5) is 0 Å². The first-order valence-corrected chi connectivity index (χ1v) is 11.0. The number of piperidine rings is 1. The maximum absolute atomic E-state index is 13.8. The van der Waals surface area contributed by atoms with Gasteiger partial charge in [0.2, 0.25) is 5.91 Å². The number of thiophene rings is 1. The van der Waals surface area contributed by atoms with Gasteiger partial charge in [0.1, 0.15) is 5.75 Å². The zero-order valence-corrected chi connectivity index (χ0v) is 16.3. The number of fused-ring (bicyclic) bond motifs is 1. The highest BCUT2D eigenvalue weighted by Crippen LogP contribution is 2.56. The van der Waals surface area contributed by atoms with Crippen molar-refractivity contribution in [1.82, 2.24) is 10.2 Å². The summed E-state index contributed by atoms with van der Waals surface area (Å²) in [4.78, 5) is 16.0. The number of nitrogens with zero attached hydrogens (tertiary/aromatic N) is 1. The quantitative estimate of drug-likeness (QED) is 0.875. The molecule has 2 aliphatic heterocycles. The molecule has 2 fully saturated rings. The average Bonchev–Trinajstić information content (AvgIpc) is 3.14. The van der Waals surface area contributed by atoms with Crippen molar-refractivity contribution in [3.63, 3.8) is 0 Å². The molecule has 5 heteroatoms. The van der Waals surface area contributed by atoms with Crippen molar-refractivity contribution >= 4 is 17.2 Å². The number of hydrogen-bond acceptors (Lipinski definition) is 4. The molecule has 1 saturated carbocycles. The smallest absolute Gasteiger partial charge is 0.230 e. The SMILES string of the molecule is O=C(C1CCOc2ccccc21)N(Cc1ccsc1)C1CC12CCNCC2. The average molecular weight is 383 g/mol. The molecule has 2 aromatic rings. The molecule has 27 heavy (non-hydrogen) atoms. The number of ether oxygens (including phenoxy) is 1. The van der Waals surface area contributed by atoms with E-state index in [1.807, 2.05) is 18.2 Å². The van der Waals surface area contributed by atoms with Gasteiger partial charge in [0, 0.05) is 18.2 Å². The topological polar surface area (TPSA) is 41.6 Å². The van der Waals surface area contributed by atoms with Gasteiger partial charge in [-0.15, -0.1) is 0 Å². The van der Waals surface area contributed by atoms with E-state index in [0.29, 0.717) is 18.1 Å². The summed E-state index contributed by atoms with van der Waals surface area (Å²) in [7, 11) is 0. The molecule has 2 unspecified atom stereocenters. The highest BCUT2D eigenvalue weighted by atomic mass is 32.1. The number of hydrogen-bond donors (Lipinski definition) is 1. The Bertz CT molecular complexity index is 813. The number of carbonyl (C=O) groups is 1. The molecule has 3 aliphatic rings. The number of para-hydroxylation sites is 1. The van der Waals surface area contributed by atoms with Crippen LogP contribution in [0.5, 0.6) is 5.75 Å². The molecule has 1 N–H and O–H groups in total. The first kappa shape index (κ1) is 17.3. The maximum Gasteiger partial charge on any atom is 0.230 e. The van der Waals surface area contributed by atoms with Crippen LogP contribution < -0.4 is 10.1 Å². The molecule has 1 amide bonds. The normalized spacial score (nSPS) is 25.5. The van der Waals surface area contributed by atoms with Gasteiger partial charge in [-0.05, 0) is 72.6 Å². The molecule has 5 rings (SSSR count). The number of nitrogens with one attached hydrogen (secondary N) is 1. The van der Waals surface area contributed by atoms with Crippen LogP contribution in [0.3, 0.4) is 0 Å². The number of amides is 1. The Morgan fingerprint density at radius 1 is 1.26 bits per heavy atom. The monoisotopic (exact) mass is 382 g/mol. The Labute approximate surface area is 164 Å². The van der Waals surface area contributed by atoms with Gasteiger partial charge < -0.3 is 15.0 Å². The van der Waals surface area contributed by atoms with Crippen molar-refractivity contribution < 1.29 is 9.53 Å². The largest absolute Gasteiger partial charge is 0.493 e. The van der Waals surface area contributed by atoms with E-state index in [4.69, 9.17) is 4.74 Å². The fraction of sp³-hybridized carbons (Fsp3) is 0.500. The van der Waals surface area contributed by atoms with E-state index in [2.05, 4.69) is 33.1 Å². The van der Waals surface area contributed by atoms with Crippen LogP contribution in [0, 0.1) is 5.41 Å². The minimum absolute atomic E-state index is 0.0760. The van der Waals surface area contributed by atoms with Crippen molar-refractivity contribution in [2.24, 2.45) is 5.41 Å². The molecule has 1 saturated heterocycles. The Balaban J connectivity index is 1.43. The predicted octanol–water partition coefficient (Wildman–Crippen LogP) is 3.79. The van der Waals surface area contributed by atoms with E-state index in [0.717, 1.165) is 43.8 Å². The van der Waals surface area contributed by atoms with Crippen LogP contribution >= 0.6 is 11.3 Å². The summed E-state index contributed by atoms with van der Waals surface area (Å²) in [5, 5.41) is 7.76. The Morgan fingerprint density at radius 2 is 2.11 bits per heavy atom. The summed E-state index contributed by atoms with van der Waals surface area (Å²) in [5.74, 6) is 1.09. The van der Waals surface area contributed by atoms with Crippen LogP contribution in [0.25, 0.3) is 0 Å². The molecule has 1 aromatic carbocycles. The van der Waals surface area contributed by atoms with Gasteiger partial charge in [-0.25, -0.2) is 0 Å². The first-order valence-electron chi connectivity index (χ1n) is 10.0. The van der Waals surface area contributed by atoms with Gasteiger partial charge in [0.15, 0.2) is 0 Å². The highest BCUT2D eigenvalue weighted by molar-refractivity contribution is 7.07. The van der Waals surface area contributed by atoms with E-state index in [1.165, 1.54) is 18.4 Å². The number of benzene rings is 1. The van der Waals surface area contributed by atoms with Crippen molar-refractivity contribution in [1.29, 1.82) is 0 Å². The third-order valence-corrected chi connectivity index (χ3v) is 7.33. The van der Waals surface area contributed by atoms with Gasteiger partial charge in [0.25, 0.3) is 0 Å². The minimum atomic E-state index is -0.0760. The van der Waals surface area contributed by atoms with E-state index < -0.39 is 0 Å². The lowest BCUT2D eigenvalue weighted by Crippen LogP contribution is -2.42. The molecule has 1 aromatic heterocycles. The van der Waals surface area contributed by atoms with Gasteiger partial charge in [-0.2, -0.15) is 11.3 Å². The molecule has 0 bridgehead atoms. The Hall–Kier alpha value is -1.85. The lowest BCUT2D eigenvalue weighted by atomic mass is 9.90. The van der Waals surface area contributed by atoms with Crippen molar-refractivity contribution in [2.75, 3.05) is 19.7 Å². The molecule has 4 nitrogen and oxygen atoms in total. The summed E-state index contributed by atoms with van der Waals surface area (Å²) in [6.45, 7) is 3.52. The second-order valence-corrected chi connectivity index (χ2v) is 8.94. The van der Waals surface area contributed by atoms with Crippen LogP contribution in [0.15, 0.2) is 41.1 Å². The van der Waals surface area contributed by atoms with E-state index >= 15 is 0 Å². The van der Waals surface area contributed by atoms with Gasteiger partial charge >= 0.3 is 0 Å². The van der Waals surface area contributed by atoms with Crippen LogP contribution in [0.2, 0.25) is 0 Å². The molecule has 3 heterocycles. The number of rotatable bonds is 4. The molecule has 2 atom stereocenters. The van der Waals surface area contributed by atoms with Crippen LogP contribution in [0.1, 0.15) is 42.7 Å². The Kier molecular flexibility index (Phi) is 4.44. The summed E-state index contributed by atoms with van der Waals surface area (Å²) in [6, 6.07) is 10.6.